The van der Waals surface area contributed by atoms with Crippen LogP contribution < -0.4 is 10.0 Å². The minimum Gasteiger partial charge on any atom is -0.363 e. The Balaban J connectivity index is 1.16. The van der Waals surface area contributed by atoms with Crippen LogP contribution in [0, 0.1) is 6.92 Å². The maximum atomic E-state index is 12.7. The van der Waals surface area contributed by atoms with E-state index in [1.54, 1.807) is 42.6 Å². The van der Waals surface area contributed by atoms with Gasteiger partial charge in [0.15, 0.2) is 11.5 Å². The zero-order valence-corrected chi connectivity index (χ0v) is 21.7. The molecule has 7 nitrogen and oxygen atoms in total. The zero-order valence-electron chi connectivity index (χ0n) is 20.9. The molecule has 0 bridgehead atoms. The Hall–Kier alpha value is -4.43. The number of benzene rings is 3. The number of imidazole rings is 1. The van der Waals surface area contributed by atoms with Crippen molar-refractivity contribution in [2.75, 3.05) is 10.0 Å². The molecular weight excluding hydrogens is 494 g/mol. The van der Waals surface area contributed by atoms with Gasteiger partial charge in [-0.3, -0.25) is 4.72 Å². The summed E-state index contributed by atoms with van der Waals surface area (Å²) in [5, 5.41) is 3.38. The first-order chi connectivity index (χ1) is 18.4. The van der Waals surface area contributed by atoms with Gasteiger partial charge in [-0.15, -0.1) is 0 Å². The van der Waals surface area contributed by atoms with Gasteiger partial charge in [0.2, 0.25) is 0 Å². The molecule has 0 saturated heterocycles. The van der Waals surface area contributed by atoms with E-state index in [4.69, 9.17) is 4.98 Å². The van der Waals surface area contributed by atoms with Crippen molar-refractivity contribution in [3.05, 3.63) is 114 Å². The van der Waals surface area contributed by atoms with Crippen LogP contribution in [0.15, 0.2) is 96.3 Å². The molecule has 0 unspecified atom stereocenters. The summed E-state index contributed by atoms with van der Waals surface area (Å²) in [6, 6.07) is 20.6. The second kappa shape index (κ2) is 9.79. The molecule has 2 aromatic heterocycles. The molecule has 8 heteroatoms. The number of allylic oxidation sites excluding steroid dienone is 1. The first kappa shape index (κ1) is 23.9. The zero-order chi connectivity index (χ0) is 26.1. The molecule has 0 aliphatic heterocycles. The summed E-state index contributed by atoms with van der Waals surface area (Å²) in [6.45, 7) is 2.44. The van der Waals surface area contributed by atoms with E-state index >= 15 is 0 Å². The molecular formula is C30H27N5O2S. The smallest absolute Gasteiger partial charge is 0.261 e. The molecule has 0 radical (unpaired) electrons. The van der Waals surface area contributed by atoms with Crippen LogP contribution in [-0.2, 0) is 23.0 Å². The highest BCUT2D eigenvalue weighted by Crippen LogP contribution is 2.27. The molecule has 2 N–H and O–H groups in total. The van der Waals surface area contributed by atoms with E-state index in [0.717, 1.165) is 40.9 Å². The van der Waals surface area contributed by atoms with Gasteiger partial charge in [0, 0.05) is 36.4 Å². The fourth-order valence-electron chi connectivity index (χ4n) is 4.58. The summed E-state index contributed by atoms with van der Waals surface area (Å²) in [4.78, 5) is 9.62. The molecule has 190 valence electrons. The Labute approximate surface area is 222 Å². The normalized spacial score (nSPS) is 12.9. The summed E-state index contributed by atoms with van der Waals surface area (Å²) >= 11 is 0. The number of hydrogen-bond donors (Lipinski definition) is 2. The van der Waals surface area contributed by atoms with Crippen molar-refractivity contribution in [3.8, 4) is 11.3 Å². The highest BCUT2D eigenvalue weighted by molar-refractivity contribution is 7.92. The molecule has 0 saturated carbocycles. The second-order valence-corrected chi connectivity index (χ2v) is 11.1. The highest BCUT2D eigenvalue weighted by Gasteiger charge is 2.14. The summed E-state index contributed by atoms with van der Waals surface area (Å²) in [5.41, 5.74) is 7.89. The van der Waals surface area contributed by atoms with Gasteiger partial charge in [-0.2, -0.15) is 0 Å². The summed E-state index contributed by atoms with van der Waals surface area (Å²) in [6.07, 6.45) is 12.2. The van der Waals surface area contributed by atoms with Crippen LogP contribution in [0.25, 0.3) is 23.0 Å². The van der Waals surface area contributed by atoms with Crippen molar-refractivity contribution in [3.63, 3.8) is 0 Å². The third-order valence-electron chi connectivity index (χ3n) is 6.69. The predicted molar refractivity (Wildman–Crippen MR) is 152 cm³/mol. The van der Waals surface area contributed by atoms with Crippen molar-refractivity contribution in [1.82, 2.24) is 14.4 Å². The van der Waals surface area contributed by atoms with Gasteiger partial charge in [-0.1, -0.05) is 54.1 Å². The number of anilines is 2. The fourth-order valence-corrected chi connectivity index (χ4v) is 5.64. The largest absolute Gasteiger partial charge is 0.363 e. The molecule has 0 atom stereocenters. The van der Waals surface area contributed by atoms with Gasteiger partial charge in [-0.05, 0) is 66.8 Å². The van der Waals surface area contributed by atoms with Crippen molar-refractivity contribution in [2.45, 2.75) is 31.2 Å². The highest BCUT2D eigenvalue weighted by atomic mass is 32.2. The maximum absolute atomic E-state index is 12.7. The lowest BCUT2D eigenvalue weighted by atomic mass is 9.95. The van der Waals surface area contributed by atoms with Crippen LogP contribution in [0.4, 0.5) is 11.5 Å². The molecule has 0 spiro atoms. The van der Waals surface area contributed by atoms with Gasteiger partial charge in [0.25, 0.3) is 10.0 Å². The van der Waals surface area contributed by atoms with Crippen LogP contribution in [0.2, 0.25) is 0 Å². The maximum Gasteiger partial charge on any atom is 0.261 e. The van der Waals surface area contributed by atoms with E-state index in [-0.39, 0.29) is 4.90 Å². The van der Waals surface area contributed by atoms with Crippen LogP contribution >= 0.6 is 0 Å². The molecule has 6 rings (SSSR count). The number of nitrogens with zero attached hydrogens (tertiary/aromatic N) is 3. The van der Waals surface area contributed by atoms with E-state index in [1.807, 2.05) is 35.9 Å². The van der Waals surface area contributed by atoms with Crippen molar-refractivity contribution in [1.29, 1.82) is 0 Å². The van der Waals surface area contributed by atoms with E-state index in [2.05, 4.69) is 45.4 Å². The second-order valence-electron chi connectivity index (χ2n) is 9.46. The molecule has 0 amide bonds. The molecule has 2 heterocycles. The molecule has 1 aliphatic rings. The molecule has 38 heavy (non-hydrogen) atoms. The number of rotatable bonds is 7. The lowest BCUT2D eigenvalue weighted by molar-refractivity contribution is 0.601. The lowest BCUT2D eigenvalue weighted by Gasteiger charge is -2.11. The molecule has 3 aromatic carbocycles. The summed E-state index contributed by atoms with van der Waals surface area (Å²) in [5.74, 6) is 0.684. The number of hydrogen-bond acceptors (Lipinski definition) is 5. The van der Waals surface area contributed by atoms with E-state index in [0.29, 0.717) is 18.1 Å². The van der Waals surface area contributed by atoms with Crippen molar-refractivity contribution in [2.24, 2.45) is 0 Å². The number of aryl methyl sites for hydroxylation is 2. The van der Waals surface area contributed by atoms with Crippen molar-refractivity contribution >= 4 is 33.3 Å². The van der Waals surface area contributed by atoms with Gasteiger partial charge < -0.3 is 9.72 Å². The lowest BCUT2D eigenvalue weighted by Crippen LogP contribution is -2.13. The topological polar surface area (TPSA) is 88.4 Å². The minimum absolute atomic E-state index is 0.235. The Kier molecular flexibility index (Phi) is 6.17. The standard InChI is InChI=1S/C30H27N5O2S/c1-21-6-14-27(15-7-21)38(36,37)34-26-12-8-22(9-13-26)19-32-29-30-33-28(20-35(30)17-16-31-29)25-11-10-23-4-2-3-5-24(23)18-25/h2,4,6-18,20,34H,3,5,19H2,1H3,(H,31,32). The van der Waals surface area contributed by atoms with E-state index in [1.165, 1.54) is 11.1 Å². The average molecular weight is 522 g/mol. The predicted octanol–water partition coefficient (Wildman–Crippen LogP) is 6.08. The number of fused-ring (bicyclic) bond motifs is 2. The SMILES string of the molecule is Cc1ccc(S(=O)(=O)Nc2ccc(CNc3nccn4cc(-c5ccc6c(c5)CCC=C6)nc34)cc2)cc1. The number of sulfonamides is 1. The quantitative estimate of drug-likeness (QED) is 0.271. The van der Waals surface area contributed by atoms with E-state index < -0.39 is 10.0 Å². The summed E-state index contributed by atoms with van der Waals surface area (Å²) in [7, 11) is -3.64. The average Bonchev–Trinajstić information content (AvgIpc) is 3.38. The van der Waals surface area contributed by atoms with E-state index in [9.17, 15) is 8.42 Å². The first-order valence-corrected chi connectivity index (χ1v) is 14.0. The fraction of sp³-hybridized carbons (Fsp3) is 0.133. The van der Waals surface area contributed by atoms with Crippen LogP contribution in [0.1, 0.15) is 28.7 Å². The number of nitrogens with one attached hydrogen (secondary N) is 2. The Morgan fingerprint density at radius 1 is 1.00 bits per heavy atom. The molecule has 1 aliphatic carbocycles. The van der Waals surface area contributed by atoms with Crippen LogP contribution in [0.5, 0.6) is 0 Å². The Morgan fingerprint density at radius 2 is 1.82 bits per heavy atom. The Morgan fingerprint density at radius 3 is 2.63 bits per heavy atom. The first-order valence-electron chi connectivity index (χ1n) is 12.5. The van der Waals surface area contributed by atoms with Gasteiger partial charge in [0.1, 0.15) is 0 Å². The monoisotopic (exact) mass is 521 g/mol. The third-order valence-corrected chi connectivity index (χ3v) is 8.09. The van der Waals surface area contributed by atoms with Crippen molar-refractivity contribution < 1.29 is 8.42 Å². The molecule has 0 fully saturated rings. The Bertz CT molecular complexity index is 1760. The third kappa shape index (κ3) is 4.90. The van der Waals surface area contributed by atoms with Crippen LogP contribution in [-0.4, -0.2) is 22.8 Å². The molecule has 5 aromatic rings. The summed E-state index contributed by atoms with van der Waals surface area (Å²) < 4.78 is 29.9. The number of aromatic nitrogens is 3. The van der Waals surface area contributed by atoms with Gasteiger partial charge >= 0.3 is 0 Å². The van der Waals surface area contributed by atoms with Gasteiger partial charge in [0.05, 0.1) is 10.6 Å². The minimum atomic E-state index is -3.64. The van der Waals surface area contributed by atoms with Crippen LogP contribution in [0.3, 0.4) is 0 Å². The van der Waals surface area contributed by atoms with Gasteiger partial charge in [-0.25, -0.2) is 18.4 Å².